The van der Waals surface area contributed by atoms with Gasteiger partial charge in [0, 0.05) is 34.8 Å². The van der Waals surface area contributed by atoms with Crippen molar-refractivity contribution in [3.05, 3.63) is 28.7 Å². The third-order valence-electron chi connectivity index (χ3n) is 2.44. The van der Waals surface area contributed by atoms with Crippen LogP contribution in [0, 0.1) is 0 Å². The van der Waals surface area contributed by atoms with E-state index in [1.807, 2.05) is 24.3 Å². The summed E-state index contributed by atoms with van der Waals surface area (Å²) in [6, 6.07) is 7.71. The number of pyridine rings is 1. The topological polar surface area (TPSA) is 71.2 Å². The quantitative estimate of drug-likeness (QED) is 0.758. The van der Waals surface area contributed by atoms with Gasteiger partial charge in [-0.15, -0.1) is 0 Å². The van der Waals surface area contributed by atoms with E-state index in [0.29, 0.717) is 18.8 Å². The molecule has 2 rings (SSSR count). The minimum Gasteiger partial charge on any atom is -0.396 e. The predicted molar refractivity (Wildman–Crippen MR) is 74.0 cm³/mol. The molecule has 0 aliphatic rings. The van der Waals surface area contributed by atoms with Crippen LogP contribution in [0.15, 0.2) is 28.7 Å². The van der Waals surface area contributed by atoms with Gasteiger partial charge in [0.25, 0.3) is 0 Å². The molecule has 1 aromatic carbocycles. The maximum atomic E-state index is 8.77. The fourth-order valence-electron chi connectivity index (χ4n) is 1.67. The second-order valence-electron chi connectivity index (χ2n) is 3.76. The van der Waals surface area contributed by atoms with Gasteiger partial charge in [0.2, 0.25) is 0 Å². The molecule has 2 aromatic rings. The van der Waals surface area contributed by atoms with E-state index in [1.54, 1.807) is 0 Å². The van der Waals surface area contributed by atoms with Crippen LogP contribution >= 0.6 is 15.9 Å². The van der Waals surface area contributed by atoms with Crippen LogP contribution in [0.3, 0.4) is 0 Å². The van der Waals surface area contributed by atoms with Crippen molar-refractivity contribution in [1.82, 2.24) is 4.98 Å². The van der Waals surface area contributed by atoms with Gasteiger partial charge in [-0.1, -0.05) is 15.9 Å². The molecule has 0 unspecified atom stereocenters. The molecule has 0 fully saturated rings. The number of aliphatic hydroxyl groups excluding tert-OH is 1. The van der Waals surface area contributed by atoms with Crippen molar-refractivity contribution in [2.45, 2.75) is 6.42 Å². The largest absolute Gasteiger partial charge is 0.396 e. The number of halogens is 1. The number of rotatable bonds is 4. The lowest BCUT2D eigenvalue weighted by Gasteiger charge is -2.10. The molecule has 0 amide bonds. The van der Waals surface area contributed by atoms with Crippen molar-refractivity contribution in [3.63, 3.8) is 0 Å². The molecule has 0 atom stereocenters. The molecule has 0 saturated heterocycles. The molecule has 90 valence electrons. The number of benzene rings is 1. The zero-order chi connectivity index (χ0) is 12.3. The normalized spacial score (nSPS) is 10.7. The van der Waals surface area contributed by atoms with Crippen LogP contribution in [0.1, 0.15) is 6.42 Å². The molecule has 1 heterocycles. The summed E-state index contributed by atoms with van der Waals surface area (Å²) in [5.74, 6) is 0.488. The molecule has 5 heteroatoms. The van der Waals surface area contributed by atoms with Gasteiger partial charge < -0.3 is 16.2 Å². The van der Waals surface area contributed by atoms with Crippen LogP contribution in [-0.4, -0.2) is 23.2 Å². The first-order valence-electron chi connectivity index (χ1n) is 5.41. The Morgan fingerprint density at radius 2 is 2.18 bits per heavy atom. The fourth-order valence-corrected chi connectivity index (χ4v) is 2.02. The van der Waals surface area contributed by atoms with Gasteiger partial charge >= 0.3 is 0 Å². The van der Waals surface area contributed by atoms with Gasteiger partial charge in [-0.3, -0.25) is 0 Å². The number of aromatic nitrogens is 1. The van der Waals surface area contributed by atoms with Crippen molar-refractivity contribution in [2.75, 3.05) is 24.2 Å². The highest BCUT2D eigenvalue weighted by molar-refractivity contribution is 9.10. The Balaban J connectivity index is 2.39. The van der Waals surface area contributed by atoms with Crippen LogP contribution < -0.4 is 11.1 Å². The van der Waals surface area contributed by atoms with E-state index < -0.39 is 0 Å². The molecule has 0 aliphatic heterocycles. The van der Waals surface area contributed by atoms with E-state index in [2.05, 4.69) is 26.2 Å². The molecule has 0 saturated carbocycles. The van der Waals surface area contributed by atoms with E-state index >= 15 is 0 Å². The van der Waals surface area contributed by atoms with Crippen LogP contribution in [0.5, 0.6) is 0 Å². The lowest BCUT2D eigenvalue weighted by molar-refractivity contribution is 0.292. The fraction of sp³-hybridized carbons (Fsp3) is 0.250. The minimum absolute atomic E-state index is 0.178. The summed E-state index contributed by atoms with van der Waals surface area (Å²) in [5.41, 5.74) is 7.57. The number of nitrogen functional groups attached to an aromatic ring is 1. The number of hydrogen-bond acceptors (Lipinski definition) is 4. The predicted octanol–water partition coefficient (Wildman–Crippen LogP) is 2.37. The molecule has 4 N–H and O–H groups in total. The average molecular weight is 296 g/mol. The van der Waals surface area contributed by atoms with Crippen molar-refractivity contribution in [3.8, 4) is 0 Å². The summed E-state index contributed by atoms with van der Waals surface area (Å²) in [6.07, 6.45) is 0.709. The number of hydrogen-bond donors (Lipinski definition) is 3. The summed E-state index contributed by atoms with van der Waals surface area (Å²) in [5, 5.41) is 13.0. The van der Waals surface area contributed by atoms with Crippen LogP contribution in [0.2, 0.25) is 0 Å². The maximum Gasteiger partial charge on any atom is 0.126 e. The van der Waals surface area contributed by atoms with Crippen molar-refractivity contribution >= 4 is 38.3 Å². The SMILES string of the molecule is Nc1cc(NCCCO)c2ccc(Br)cc2n1. The summed E-state index contributed by atoms with van der Waals surface area (Å²) >= 11 is 3.41. The molecule has 17 heavy (non-hydrogen) atoms. The van der Waals surface area contributed by atoms with Gasteiger partial charge in [0.1, 0.15) is 5.82 Å². The smallest absolute Gasteiger partial charge is 0.126 e. The number of aliphatic hydroxyl groups is 1. The number of nitrogens with zero attached hydrogens (tertiary/aromatic N) is 1. The Hall–Kier alpha value is -1.33. The summed E-state index contributed by atoms with van der Waals surface area (Å²) in [4.78, 5) is 4.28. The van der Waals surface area contributed by atoms with E-state index in [9.17, 15) is 0 Å². The summed E-state index contributed by atoms with van der Waals surface area (Å²) < 4.78 is 0.976. The maximum absolute atomic E-state index is 8.77. The zero-order valence-electron chi connectivity index (χ0n) is 9.28. The van der Waals surface area contributed by atoms with Gasteiger partial charge in [0.05, 0.1) is 5.52 Å². The Labute approximate surface area is 108 Å². The Morgan fingerprint density at radius 3 is 2.94 bits per heavy atom. The molecule has 4 nitrogen and oxygen atoms in total. The Morgan fingerprint density at radius 1 is 1.35 bits per heavy atom. The second kappa shape index (κ2) is 5.33. The van der Waals surface area contributed by atoms with E-state index in [4.69, 9.17) is 10.8 Å². The molecule has 0 spiro atoms. The lowest BCUT2D eigenvalue weighted by atomic mass is 10.2. The van der Waals surface area contributed by atoms with E-state index in [-0.39, 0.29) is 6.61 Å². The van der Waals surface area contributed by atoms with Crippen LogP contribution in [-0.2, 0) is 0 Å². The second-order valence-corrected chi connectivity index (χ2v) is 4.68. The van der Waals surface area contributed by atoms with Gasteiger partial charge in [0.15, 0.2) is 0 Å². The van der Waals surface area contributed by atoms with Gasteiger partial charge in [-0.05, 0) is 24.6 Å². The zero-order valence-corrected chi connectivity index (χ0v) is 10.9. The Bertz CT molecular complexity index is 525. The van der Waals surface area contributed by atoms with Crippen LogP contribution in [0.25, 0.3) is 10.9 Å². The highest BCUT2D eigenvalue weighted by Crippen LogP contribution is 2.26. The first-order valence-corrected chi connectivity index (χ1v) is 6.20. The number of nitrogens with one attached hydrogen (secondary N) is 1. The average Bonchev–Trinajstić information content (AvgIpc) is 2.28. The van der Waals surface area contributed by atoms with Gasteiger partial charge in [-0.2, -0.15) is 0 Å². The number of nitrogens with two attached hydrogens (primary N) is 1. The lowest BCUT2D eigenvalue weighted by Crippen LogP contribution is -2.05. The van der Waals surface area contributed by atoms with Crippen molar-refractivity contribution < 1.29 is 5.11 Å². The summed E-state index contributed by atoms with van der Waals surface area (Å²) in [7, 11) is 0. The summed E-state index contributed by atoms with van der Waals surface area (Å²) in [6.45, 7) is 0.891. The minimum atomic E-state index is 0.178. The molecular formula is C12H14BrN3O. The number of fused-ring (bicyclic) bond motifs is 1. The third-order valence-corrected chi connectivity index (χ3v) is 2.94. The van der Waals surface area contributed by atoms with Gasteiger partial charge in [-0.25, -0.2) is 4.98 Å². The first kappa shape index (κ1) is 12.1. The molecule has 0 bridgehead atoms. The molecule has 0 radical (unpaired) electrons. The van der Waals surface area contributed by atoms with Crippen molar-refractivity contribution in [1.29, 1.82) is 0 Å². The number of anilines is 2. The first-order chi connectivity index (χ1) is 8.20. The molecular weight excluding hydrogens is 282 g/mol. The third kappa shape index (κ3) is 2.87. The van der Waals surface area contributed by atoms with E-state index in [1.165, 1.54) is 0 Å². The van der Waals surface area contributed by atoms with Crippen LogP contribution in [0.4, 0.5) is 11.5 Å². The molecule has 0 aliphatic carbocycles. The van der Waals surface area contributed by atoms with Crippen molar-refractivity contribution in [2.24, 2.45) is 0 Å². The molecule has 1 aromatic heterocycles. The highest BCUT2D eigenvalue weighted by atomic mass is 79.9. The van der Waals surface area contributed by atoms with E-state index in [0.717, 1.165) is 21.1 Å². The monoisotopic (exact) mass is 295 g/mol. The Kier molecular flexibility index (Phi) is 3.81. The standard InChI is InChI=1S/C12H14BrN3O/c13-8-2-3-9-10(15-4-1-5-17)7-12(14)16-11(9)6-8/h2-3,6-7,17H,1,4-5H2,(H3,14,15,16). The highest BCUT2D eigenvalue weighted by Gasteiger charge is 2.04.